The van der Waals surface area contributed by atoms with E-state index in [1.165, 1.54) is 19.3 Å². The molecule has 1 aromatic carbocycles. The summed E-state index contributed by atoms with van der Waals surface area (Å²) in [7, 11) is 1.88. The monoisotopic (exact) mass is 262 g/mol. The maximum atomic E-state index is 12.1. The summed E-state index contributed by atoms with van der Waals surface area (Å²) < 4.78 is 5.49. The number of rotatable bonds is 4. The number of nitrogens with two attached hydrogens (primary N) is 1. The van der Waals surface area contributed by atoms with E-state index in [4.69, 9.17) is 10.5 Å². The molecule has 0 aromatic heterocycles. The largest absolute Gasteiger partial charge is 0.484 e. The molecule has 4 heteroatoms. The van der Waals surface area contributed by atoms with Gasteiger partial charge in [-0.3, -0.25) is 4.79 Å². The van der Waals surface area contributed by atoms with E-state index in [1.807, 2.05) is 11.9 Å². The summed E-state index contributed by atoms with van der Waals surface area (Å²) in [6, 6.07) is 7.48. The molecule has 4 nitrogen and oxygen atoms in total. The summed E-state index contributed by atoms with van der Waals surface area (Å²) in [6.07, 6.45) is 5.97. The first-order chi connectivity index (χ1) is 9.16. The Morgan fingerprint density at radius 1 is 1.26 bits per heavy atom. The Balaban J connectivity index is 1.81. The molecule has 1 aromatic rings. The van der Waals surface area contributed by atoms with Gasteiger partial charge in [0.1, 0.15) is 5.75 Å². The van der Waals surface area contributed by atoms with Crippen molar-refractivity contribution in [2.45, 2.75) is 38.1 Å². The van der Waals surface area contributed by atoms with Crippen LogP contribution in [0.2, 0.25) is 0 Å². The number of hydrogen-bond acceptors (Lipinski definition) is 3. The van der Waals surface area contributed by atoms with E-state index in [0.717, 1.165) is 12.8 Å². The fourth-order valence-corrected chi connectivity index (χ4v) is 2.48. The molecule has 19 heavy (non-hydrogen) atoms. The summed E-state index contributed by atoms with van der Waals surface area (Å²) in [5, 5.41) is 0. The molecule has 0 aliphatic heterocycles. The van der Waals surface area contributed by atoms with Crippen molar-refractivity contribution in [1.29, 1.82) is 0 Å². The van der Waals surface area contributed by atoms with E-state index in [2.05, 4.69) is 0 Å². The Morgan fingerprint density at radius 2 is 1.89 bits per heavy atom. The minimum absolute atomic E-state index is 0.0451. The first-order valence-corrected chi connectivity index (χ1v) is 6.91. The molecular weight excluding hydrogens is 240 g/mol. The molecule has 0 radical (unpaired) electrons. The van der Waals surface area contributed by atoms with Crippen LogP contribution in [0.25, 0.3) is 0 Å². The Bertz CT molecular complexity index is 411. The number of benzene rings is 1. The predicted octanol–water partition coefficient (Wildman–Crippen LogP) is 2.44. The molecule has 1 aliphatic rings. The summed E-state index contributed by atoms with van der Waals surface area (Å²) in [4.78, 5) is 13.9. The zero-order chi connectivity index (χ0) is 13.7. The normalized spacial score (nSPS) is 16.1. The Labute approximate surface area is 114 Å². The Hall–Kier alpha value is -1.71. The summed E-state index contributed by atoms with van der Waals surface area (Å²) in [6.45, 7) is 0.0942. The summed E-state index contributed by atoms with van der Waals surface area (Å²) >= 11 is 0. The highest BCUT2D eigenvalue weighted by molar-refractivity contribution is 5.77. The van der Waals surface area contributed by atoms with E-state index in [9.17, 15) is 4.79 Å². The molecule has 1 aliphatic carbocycles. The van der Waals surface area contributed by atoms with Gasteiger partial charge in [-0.25, -0.2) is 0 Å². The smallest absolute Gasteiger partial charge is 0.260 e. The van der Waals surface area contributed by atoms with E-state index >= 15 is 0 Å². The molecule has 104 valence electrons. The molecule has 0 spiro atoms. The quantitative estimate of drug-likeness (QED) is 0.848. The number of anilines is 1. The number of likely N-dealkylation sites (N-methyl/N-ethyl adjacent to an activating group) is 1. The van der Waals surface area contributed by atoms with Crippen LogP contribution in [0.3, 0.4) is 0 Å². The Kier molecular flexibility index (Phi) is 4.66. The van der Waals surface area contributed by atoms with Crippen LogP contribution in [0.15, 0.2) is 24.3 Å². The van der Waals surface area contributed by atoms with Gasteiger partial charge >= 0.3 is 0 Å². The molecule has 0 atom stereocenters. The van der Waals surface area contributed by atoms with Crippen LogP contribution in [0, 0.1) is 0 Å². The van der Waals surface area contributed by atoms with Gasteiger partial charge in [0.15, 0.2) is 6.61 Å². The van der Waals surface area contributed by atoms with Gasteiger partial charge in [-0.15, -0.1) is 0 Å². The van der Waals surface area contributed by atoms with Gasteiger partial charge in [0, 0.05) is 18.8 Å². The summed E-state index contributed by atoms with van der Waals surface area (Å²) in [5.41, 5.74) is 6.29. The molecule has 0 heterocycles. The highest BCUT2D eigenvalue weighted by Crippen LogP contribution is 2.21. The van der Waals surface area contributed by atoms with Gasteiger partial charge < -0.3 is 15.4 Å². The van der Waals surface area contributed by atoms with Crippen LogP contribution in [0.5, 0.6) is 5.75 Å². The molecule has 0 bridgehead atoms. The number of amides is 1. The average molecular weight is 262 g/mol. The van der Waals surface area contributed by atoms with E-state index in [0.29, 0.717) is 17.5 Å². The van der Waals surface area contributed by atoms with Crippen molar-refractivity contribution in [2.75, 3.05) is 19.4 Å². The zero-order valence-electron chi connectivity index (χ0n) is 11.5. The SMILES string of the molecule is CN(C(=O)COc1ccc(N)cc1)C1CCCCC1. The lowest BCUT2D eigenvalue weighted by molar-refractivity contribution is -0.134. The Morgan fingerprint density at radius 3 is 2.53 bits per heavy atom. The molecule has 0 saturated heterocycles. The molecule has 0 unspecified atom stereocenters. The van der Waals surface area contributed by atoms with Crippen LogP contribution >= 0.6 is 0 Å². The van der Waals surface area contributed by atoms with E-state index in [-0.39, 0.29) is 12.5 Å². The number of nitrogen functional groups attached to an aromatic ring is 1. The van der Waals surface area contributed by atoms with Gasteiger partial charge in [-0.1, -0.05) is 19.3 Å². The van der Waals surface area contributed by atoms with Gasteiger partial charge in [0.05, 0.1) is 0 Å². The third kappa shape index (κ3) is 3.88. The minimum Gasteiger partial charge on any atom is -0.484 e. The number of hydrogen-bond donors (Lipinski definition) is 1. The predicted molar refractivity (Wildman–Crippen MR) is 76.0 cm³/mol. The molecule has 2 rings (SSSR count). The van der Waals surface area contributed by atoms with Crippen LogP contribution in [0.4, 0.5) is 5.69 Å². The van der Waals surface area contributed by atoms with Crippen LogP contribution in [-0.4, -0.2) is 30.5 Å². The third-order valence-electron chi connectivity index (χ3n) is 3.76. The van der Waals surface area contributed by atoms with Crippen molar-refractivity contribution in [2.24, 2.45) is 0 Å². The minimum atomic E-state index is 0.0451. The van der Waals surface area contributed by atoms with E-state index in [1.54, 1.807) is 24.3 Å². The summed E-state index contributed by atoms with van der Waals surface area (Å²) in [5.74, 6) is 0.725. The van der Waals surface area contributed by atoms with Crippen molar-refractivity contribution in [1.82, 2.24) is 4.90 Å². The highest BCUT2D eigenvalue weighted by Gasteiger charge is 2.22. The molecule has 1 amide bonds. The van der Waals surface area contributed by atoms with Gasteiger partial charge in [-0.05, 0) is 37.1 Å². The number of carbonyl (C=O) groups excluding carboxylic acids is 1. The lowest BCUT2D eigenvalue weighted by Crippen LogP contribution is -2.40. The van der Waals surface area contributed by atoms with Crippen molar-refractivity contribution in [3.05, 3.63) is 24.3 Å². The van der Waals surface area contributed by atoms with Crippen molar-refractivity contribution in [3.8, 4) is 5.75 Å². The van der Waals surface area contributed by atoms with Gasteiger partial charge in [0.25, 0.3) is 5.91 Å². The van der Waals surface area contributed by atoms with Gasteiger partial charge in [0.2, 0.25) is 0 Å². The second kappa shape index (κ2) is 6.45. The molecular formula is C15H22N2O2. The maximum Gasteiger partial charge on any atom is 0.260 e. The number of carbonyl (C=O) groups is 1. The second-order valence-electron chi connectivity index (χ2n) is 5.15. The lowest BCUT2D eigenvalue weighted by atomic mass is 9.94. The van der Waals surface area contributed by atoms with Crippen LogP contribution in [-0.2, 0) is 4.79 Å². The van der Waals surface area contributed by atoms with Crippen LogP contribution < -0.4 is 10.5 Å². The topological polar surface area (TPSA) is 55.6 Å². The fraction of sp³-hybridized carbons (Fsp3) is 0.533. The van der Waals surface area contributed by atoms with E-state index < -0.39 is 0 Å². The first-order valence-electron chi connectivity index (χ1n) is 6.91. The first kappa shape index (κ1) is 13.7. The second-order valence-corrected chi connectivity index (χ2v) is 5.15. The molecule has 1 fully saturated rings. The number of nitrogens with zero attached hydrogens (tertiary/aromatic N) is 1. The van der Waals surface area contributed by atoms with Crippen molar-refractivity contribution < 1.29 is 9.53 Å². The third-order valence-corrected chi connectivity index (χ3v) is 3.76. The molecule has 2 N–H and O–H groups in total. The van der Waals surface area contributed by atoms with Crippen LogP contribution in [0.1, 0.15) is 32.1 Å². The van der Waals surface area contributed by atoms with Crippen molar-refractivity contribution in [3.63, 3.8) is 0 Å². The average Bonchev–Trinajstić information content (AvgIpc) is 2.46. The lowest BCUT2D eigenvalue weighted by Gasteiger charge is -2.31. The van der Waals surface area contributed by atoms with Crippen molar-refractivity contribution >= 4 is 11.6 Å². The maximum absolute atomic E-state index is 12.1. The standard InChI is InChI=1S/C15H22N2O2/c1-17(13-5-3-2-4-6-13)15(18)11-19-14-9-7-12(16)8-10-14/h7-10,13H,2-6,11,16H2,1H3. The highest BCUT2D eigenvalue weighted by atomic mass is 16.5. The fourth-order valence-electron chi connectivity index (χ4n) is 2.48. The molecule has 1 saturated carbocycles. The number of ether oxygens (including phenoxy) is 1. The zero-order valence-corrected chi connectivity index (χ0v) is 11.5. The van der Waals surface area contributed by atoms with Gasteiger partial charge in [-0.2, -0.15) is 0 Å².